The molecule has 1 aliphatic rings. The summed E-state index contributed by atoms with van der Waals surface area (Å²) in [5.41, 5.74) is 5.30. The van der Waals surface area contributed by atoms with Crippen LogP contribution < -0.4 is 0 Å². The van der Waals surface area contributed by atoms with Crippen molar-refractivity contribution in [3.8, 4) is 33.5 Å². The summed E-state index contributed by atoms with van der Waals surface area (Å²) in [5, 5.41) is 5.08. The Balaban J connectivity index is 1.42. The molecule has 36 heavy (non-hydrogen) atoms. The molecule has 1 fully saturated rings. The molecule has 0 spiro atoms. The summed E-state index contributed by atoms with van der Waals surface area (Å²) in [7, 11) is 2.15. The van der Waals surface area contributed by atoms with Gasteiger partial charge in [0.15, 0.2) is 5.65 Å². The van der Waals surface area contributed by atoms with Crippen molar-refractivity contribution in [3.05, 3.63) is 78.4 Å². The van der Waals surface area contributed by atoms with E-state index in [1.165, 1.54) is 12.1 Å². The maximum atomic E-state index is 14.7. The minimum absolute atomic E-state index is 0.305. The minimum Gasteiger partial charge on any atom is -0.306 e. The number of nitrogens with zero attached hydrogens (tertiary/aromatic N) is 7. The number of benzene rings is 1. The van der Waals surface area contributed by atoms with Crippen LogP contribution in [0.5, 0.6) is 0 Å². The molecule has 180 valence electrons. The first-order chi connectivity index (χ1) is 17.5. The standard InChI is InChI=1S/C27H23ClFN7/c1-35-8-4-21(5-9-35)36-16-19(15-33-36)17-10-18(14-30-13-17)22-12-25(23-11-20(28)2-3-24(23)29)34-27-26(22)31-6-7-32-27/h2-3,6-7,10-16,21H,4-5,8-9H2,1H3. The van der Waals surface area contributed by atoms with E-state index < -0.39 is 5.82 Å². The Morgan fingerprint density at radius 3 is 2.58 bits per heavy atom. The molecule has 0 radical (unpaired) electrons. The van der Waals surface area contributed by atoms with Crippen molar-refractivity contribution in [2.24, 2.45) is 0 Å². The second-order valence-electron chi connectivity index (χ2n) is 9.11. The number of rotatable bonds is 4. The van der Waals surface area contributed by atoms with Gasteiger partial charge in [-0.15, -0.1) is 0 Å². The van der Waals surface area contributed by atoms with Gasteiger partial charge in [-0.25, -0.2) is 14.4 Å². The zero-order chi connectivity index (χ0) is 24.6. The molecule has 0 atom stereocenters. The van der Waals surface area contributed by atoms with E-state index in [2.05, 4.69) is 47.9 Å². The van der Waals surface area contributed by atoms with Crippen molar-refractivity contribution >= 4 is 22.8 Å². The Morgan fingerprint density at radius 1 is 0.917 bits per heavy atom. The lowest BCUT2D eigenvalue weighted by Crippen LogP contribution is -2.31. The van der Waals surface area contributed by atoms with Gasteiger partial charge in [-0.3, -0.25) is 14.6 Å². The predicted molar refractivity (Wildman–Crippen MR) is 138 cm³/mol. The molecule has 1 saturated heterocycles. The molecule has 1 aromatic carbocycles. The fourth-order valence-corrected chi connectivity index (χ4v) is 4.87. The Morgan fingerprint density at radius 2 is 1.72 bits per heavy atom. The van der Waals surface area contributed by atoms with E-state index in [1.807, 2.05) is 24.5 Å². The lowest BCUT2D eigenvalue weighted by molar-refractivity contribution is 0.212. The zero-order valence-electron chi connectivity index (χ0n) is 19.6. The third kappa shape index (κ3) is 4.34. The number of likely N-dealkylation sites (tertiary alicyclic amines) is 1. The van der Waals surface area contributed by atoms with Crippen LogP contribution in [0.1, 0.15) is 18.9 Å². The SMILES string of the molecule is CN1CCC(n2cc(-c3cncc(-c4cc(-c5cc(Cl)ccc5F)nc5nccnc45)c3)cn2)CC1. The van der Waals surface area contributed by atoms with Crippen molar-refractivity contribution in [2.75, 3.05) is 20.1 Å². The van der Waals surface area contributed by atoms with Crippen LogP contribution >= 0.6 is 11.6 Å². The average molecular weight is 500 g/mol. The molecule has 7 nitrogen and oxygen atoms in total. The van der Waals surface area contributed by atoms with Gasteiger partial charge in [0.2, 0.25) is 0 Å². The van der Waals surface area contributed by atoms with Gasteiger partial charge < -0.3 is 4.90 Å². The van der Waals surface area contributed by atoms with E-state index >= 15 is 0 Å². The fraction of sp³-hybridized carbons (Fsp3) is 0.222. The summed E-state index contributed by atoms with van der Waals surface area (Å²) in [5.74, 6) is -0.408. The average Bonchev–Trinajstić information content (AvgIpc) is 3.40. The molecule has 4 aromatic heterocycles. The van der Waals surface area contributed by atoms with E-state index in [0.717, 1.165) is 48.2 Å². The summed E-state index contributed by atoms with van der Waals surface area (Å²) < 4.78 is 16.8. The van der Waals surface area contributed by atoms with Gasteiger partial charge in [0.1, 0.15) is 11.3 Å². The first-order valence-corrected chi connectivity index (χ1v) is 12.2. The van der Waals surface area contributed by atoms with Crippen molar-refractivity contribution < 1.29 is 4.39 Å². The van der Waals surface area contributed by atoms with Crippen molar-refractivity contribution in [3.63, 3.8) is 0 Å². The highest BCUT2D eigenvalue weighted by atomic mass is 35.5. The highest BCUT2D eigenvalue weighted by Crippen LogP contribution is 2.34. The molecular weight excluding hydrogens is 477 g/mol. The number of hydrogen-bond donors (Lipinski definition) is 0. The quantitative estimate of drug-likeness (QED) is 0.317. The Kier molecular flexibility index (Phi) is 5.91. The number of hydrogen-bond acceptors (Lipinski definition) is 6. The molecule has 0 amide bonds. The highest BCUT2D eigenvalue weighted by molar-refractivity contribution is 6.30. The third-order valence-electron chi connectivity index (χ3n) is 6.69. The summed E-state index contributed by atoms with van der Waals surface area (Å²) in [6.07, 6.45) is 12.9. The molecule has 5 heterocycles. The van der Waals surface area contributed by atoms with Crippen LogP contribution in [-0.4, -0.2) is 54.8 Å². The van der Waals surface area contributed by atoms with Crippen molar-refractivity contribution in [2.45, 2.75) is 18.9 Å². The Hall–Kier alpha value is -3.75. The molecule has 5 aromatic rings. The fourth-order valence-electron chi connectivity index (χ4n) is 4.70. The first-order valence-electron chi connectivity index (χ1n) is 11.8. The molecule has 6 rings (SSSR count). The number of aromatic nitrogens is 6. The summed E-state index contributed by atoms with van der Waals surface area (Å²) >= 11 is 6.15. The van der Waals surface area contributed by atoms with Crippen LogP contribution in [0, 0.1) is 5.82 Å². The molecule has 0 saturated carbocycles. The largest absolute Gasteiger partial charge is 0.306 e. The second kappa shape index (κ2) is 9.37. The number of pyridine rings is 2. The van der Waals surface area contributed by atoms with Crippen molar-refractivity contribution in [1.29, 1.82) is 0 Å². The summed E-state index contributed by atoms with van der Waals surface area (Å²) in [6.45, 7) is 2.14. The van der Waals surface area contributed by atoms with Crippen LogP contribution in [0.25, 0.3) is 44.7 Å². The normalized spacial score (nSPS) is 15.0. The number of piperidine rings is 1. The maximum absolute atomic E-state index is 14.7. The smallest absolute Gasteiger partial charge is 0.179 e. The van der Waals surface area contributed by atoms with Crippen LogP contribution in [0.15, 0.2) is 67.5 Å². The van der Waals surface area contributed by atoms with E-state index in [9.17, 15) is 4.39 Å². The molecule has 0 bridgehead atoms. The molecule has 0 aliphatic carbocycles. The molecule has 0 N–H and O–H groups in total. The van der Waals surface area contributed by atoms with E-state index in [0.29, 0.717) is 33.5 Å². The highest BCUT2D eigenvalue weighted by Gasteiger charge is 2.20. The van der Waals surface area contributed by atoms with Gasteiger partial charge in [0.05, 0.1) is 17.9 Å². The first kappa shape index (κ1) is 22.7. The number of fused-ring (bicyclic) bond motifs is 1. The molecule has 0 unspecified atom stereocenters. The maximum Gasteiger partial charge on any atom is 0.179 e. The lowest BCUT2D eigenvalue weighted by Gasteiger charge is -2.28. The summed E-state index contributed by atoms with van der Waals surface area (Å²) in [4.78, 5) is 20.3. The van der Waals surface area contributed by atoms with Gasteiger partial charge in [-0.2, -0.15) is 5.10 Å². The van der Waals surface area contributed by atoms with E-state index in [1.54, 1.807) is 24.7 Å². The van der Waals surface area contributed by atoms with Crippen LogP contribution in [-0.2, 0) is 0 Å². The molecule has 1 aliphatic heterocycles. The van der Waals surface area contributed by atoms with Crippen LogP contribution in [0.3, 0.4) is 0 Å². The number of halogens is 2. The van der Waals surface area contributed by atoms with Crippen LogP contribution in [0.2, 0.25) is 5.02 Å². The minimum atomic E-state index is -0.408. The van der Waals surface area contributed by atoms with E-state index in [4.69, 9.17) is 11.6 Å². The topological polar surface area (TPSA) is 72.6 Å². The van der Waals surface area contributed by atoms with E-state index in [-0.39, 0.29) is 0 Å². The van der Waals surface area contributed by atoms with Gasteiger partial charge in [-0.1, -0.05) is 11.6 Å². The van der Waals surface area contributed by atoms with Gasteiger partial charge in [-0.05, 0) is 63.3 Å². The Labute approximate surface area is 212 Å². The zero-order valence-corrected chi connectivity index (χ0v) is 20.4. The summed E-state index contributed by atoms with van der Waals surface area (Å²) in [6, 6.07) is 8.68. The molecular formula is C27H23ClFN7. The van der Waals surface area contributed by atoms with Gasteiger partial charge in [0.25, 0.3) is 0 Å². The third-order valence-corrected chi connectivity index (χ3v) is 6.93. The predicted octanol–water partition coefficient (Wildman–Crippen LogP) is 5.68. The molecule has 9 heteroatoms. The van der Waals surface area contributed by atoms with Gasteiger partial charge >= 0.3 is 0 Å². The second-order valence-corrected chi connectivity index (χ2v) is 9.55. The monoisotopic (exact) mass is 499 g/mol. The van der Waals surface area contributed by atoms with Crippen molar-refractivity contribution in [1.82, 2.24) is 34.6 Å². The van der Waals surface area contributed by atoms with Gasteiger partial charge in [0, 0.05) is 63.8 Å². The Bertz CT molecular complexity index is 1560. The lowest BCUT2D eigenvalue weighted by atomic mass is 10.0. The van der Waals surface area contributed by atoms with Crippen LogP contribution in [0.4, 0.5) is 4.39 Å².